The van der Waals surface area contributed by atoms with Crippen LogP contribution in [0.3, 0.4) is 0 Å². The first-order chi connectivity index (χ1) is 13.8. The second-order valence-corrected chi connectivity index (χ2v) is 8.20. The van der Waals surface area contributed by atoms with Crippen molar-refractivity contribution >= 4 is 40.8 Å². The minimum atomic E-state index is -0.675. The van der Waals surface area contributed by atoms with Crippen LogP contribution in [0.4, 0.5) is 10.5 Å². The number of urea groups is 1. The molecule has 1 spiro atoms. The summed E-state index contributed by atoms with van der Waals surface area (Å²) < 4.78 is 0. The predicted octanol–water partition coefficient (Wildman–Crippen LogP) is 5.57. The van der Waals surface area contributed by atoms with Crippen molar-refractivity contribution in [1.82, 2.24) is 4.90 Å². The van der Waals surface area contributed by atoms with Gasteiger partial charge in [-0.15, -0.1) is 0 Å². The van der Waals surface area contributed by atoms with Gasteiger partial charge in [-0.3, -0.25) is 4.79 Å². The molecule has 1 aliphatic heterocycles. The lowest BCUT2D eigenvalue weighted by molar-refractivity contribution is -0.124. The monoisotopic (exact) mass is 429 g/mol. The van der Waals surface area contributed by atoms with Crippen LogP contribution >= 0.6 is 23.2 Å². The maximum atomic E-state index is 12.8. The first-order valence-electron chi connectivity index (χ1n) is 9.34. The fourth-order valence-electron chi connectivity index (χ4n) is 3.80. The predicted molar refractivity (Wildman–Crippen MR) is 114 cm³/mol. The van der Waals surface area contributed by atoms with E-state index in [0.717, 1.165) is 31.2 Å². The van der Waals surface area contributed by atoms with Gasteiger partial charge in [-0.1, -0.05) is 53.7 Å². The van der Waals surface area contributed by atoms with Crippen LogP contribution in [0.2, 0.25) is 10.0 Å². The highest BCUT2D eigenvalue weighted by Crippen LogP contribution is 2.43. The highest BCUT2D eigenvalue weighted by molar-refractivity contribution is 6.35. The molecule has 2 aliphatic rings. The van der Waals surface area contributed by atoms with E-state index in [0.29, 0.717) is 15.7 Å². The zero-order valence-corrected chi connectivity index (χ0v) is 17.8. The summed E-state index contributed by atoms with van der Waals surface area (Å²) in [5, 5.41) is 9.19. The molecule has 0 unspecified atom stereocenters. The van der Waals surface area contributed by atoms with Crippen molar-refractivity contribution < 1.29 is 9.59 Å². The molecule has 5 nitrogen and oxygen atoms in total. The number of carbonyl (C=O) groups excluding carboxylic acids is 2. The van der Waals surface area contributed by atoms with Gasteiger partial charge in [0.05, 0.1) is 17.3 Å². The van der Waals surface area contributed by atoms with E-state index in [9.17, 15) is 9.59 Å². The van der Waals surface area contributed by atoms with Gasteiger partial charge in [0.25, 0.3) is 5.91 Å². The summed E-state index contributed by atoms with van der Waals surface area (Å²) in [7, 11) is 1.69. The summed E-state index contributed by atoms with van der Waals surface area (Å²) in [5.41, 5.74) is 1.68. The summed E-state index contributed by atoms with van der Waals surface area (Å²) in [6, 6.07) is 14.0. The topological polar surface area (TPSA) is 64.4 Å². The fraction of sp³-hybridized carbons (Fsp3) is 0.318. The number of nitrogens with zero attached hydrogens (tertiary/aromatic N) is 3. The number of aryl methyl sites for hydroxylation is 1. The number of imide groups is 1. The van der Waals surface area contributed by atoms with E-state index in [1.807, 2.05) is 31.2 Å². The van der Waals surface area contributed by atoms with E-state index in [1.165, 1.54) is 10.5 Å². The smallest absolute Gasteiger partial charge is 0.312 e. The van der Waals surface area contributed by atoms with Crippen LogP contribution in [0.15, 0.2) is 42.5 Å². The van der Waals surface area contributed by atoms with Crippen LogP contribution in [-0.2, 0) is 4.79 Å². The molecular formula is C22H21Cl2N3O2. The molecule has 0 N–H and O–H groups in total. The Morgan fingerprint density at radius 1 is 1.00 bits per heavy atom. The Balaban J connectivity index is 0.000000224. The van der Waals surface area contributed by atoms with Crippen molar-refractivity contribution in [3.63, 3.8) is 0 Å². The van der Waals surface area contributed by atoms with Crippen LogP contribution in [-0.4, -0.2) is 29.4 Å². The highest BCUT2D eigenvalue weighted by Gasteiger charge is 2.57. The summed E-state index contributed by atoms with van der Waals surface area (Å²) in [4.78, 5) is 28.0. The van der Waals surface area contributed by atoms with Crippen molar-refractivity contribution in [3.05, 3.63) is 63.6 Å². The lowest BCUT2D eigenvalue weighted by Gasteiger charge is -2.27. The summed E-state index contributed by atoms with van der Waals surface area (Å²) >= 11 is 11.9. The van der Waals surface area contributed by atoms with E-state index in [4.69, 9.17) is 28.5 Å². The SMILES string of the molecule is CN1C(=O)N(c2cc(Cl)cc(Cl)c2)C(=O)C12CCCC2.Cc1ccc(C#N)cc1. The maximum Gasteiger partial charge on any atom is 0.332 e. The lowest BCUT2D eigenvalue weighted by Crippen LogP contribution is -2.45. The van der Waals surface area contributed by atoms with E-state index in [1.54, 1.807) is 30.1 Å². The standard InChI is InChI=1S/C14H14Cl2N2O2.C8H7N/c1-17-13(20)18(11-7-9(15)6-10(16)8-11)12(19)14(17)4-2-3-5-14;1-7-2-4-8(6-9)5-3-7/h6-8H,2-5H2,1H3;2-5H,1H3. The second-order valence-electron chi connectivity index (χ2n) is 7.33. The molecule has 2 aromatic carbocycles. The van der Waals surface area contributed by atoms with Crippen molar-refractivity contribution in [2.75, 3.05) is 11.9 Å². The molecule has 0 atom stereocenters. The molecule has 2 aromatic rings. The van der Waals surface area contributed by atoms with E-state index in [-0.39, 0.29) is 11.9 Å². The Morgan fingerprint density at radius 3 is 2.07 bits per heavy atom. The number of hydrogen-bond acceptors (Lipinski definition) is 3. The van der Waals surface area contributed by atoms with Gasteiger partial charge in [0.1, 0.15) is 5.54 Å². The first kappa shape index (κ1) is 21.2. The molecule has 0 bridgehead atoms. The van der Waals surface area contributed by atoms with E-state index >= 15 is 0 Å². The summed E-state index contributed by atoms with van der Waals surface area (Å²) in [5.74, 6) is -0.166. The van der Waals surface area contributed by atoms with Crippen molar-refractivity contribution in [3.8, 4) is 6.07 Å². The van der Waals surface area contributed by atoms with Gasteiger partial charge in [0.15, 0.2) is 0 Å². The number of nitriles is 1. The molecule has 0 radical (unpaired) electrons. The van der Waals surface area contributed by atoms with Crippen molar-refractivity contribution in [1.29, 1.82) is 5.26 Å². The highest BCUT2D eigenvalue weighted by atomic mass is 35.5. The van der Waals surface area contributed by atoms with Crippen LogP contribution < -0.4 is 4.90 Å². The molecule has 3 amide bonds. The summed E-state index contributed by atoms with van der Waals surface area (Å²) in [6.07, 6.45) is 3.37. The number of hydrogen-bond donors (Lipinski definition) is 0. The number of benzene rings is 2. The number of likely N-dealkylation sites (N-methyl/N-ethyl adjacent to an activating group) is 1. The van der Waals surface area contributed by atoms with E-state index in [2.05, 4.69) is 6.07 Å². The molecule has 1 saturated heterocycles. The molecule has 1 aliphatic carbocycles. The quantitative estimate of drug-likeness (QED) is 0.556. The van der Waals surface area contributed by atoms with Gasteiger partial charge in [-0.2, -0.15) is 5.26 Å². The molecular weight excluding hydrogens is 409 g/mol. The van der Waals surface area contributed by atoms with Gasteiger partial charge < -0.3 is 4.90 Å². The average molecular weight is 430 g/mol. The fourth-order valence-corrected chi connectivity index (χ4v) is 4.32. The minimum absolute atomic E-state index is 0.166. The Morgan fingerprint density at radius 2 is 1.55 bits per heavy atom. The molecule has 2 fully saturated rings. The zero-order chi connectivity index (χ0) is 21.2. The third kappa shape index (κ3) is 4.10. The van der Waals surface area contributed by atoms with Crippen LogP contribution in [0, 0.1) is 18.3 Å². The molecule has 0 aromatic heterocycles. The van der Waals surface area contributed by atoms with Gasteiger partial charge in [0, 0.05) is 17.1 Å². The van der Waals surface area contributed by atoms with Gasteiger partial charge >= 0.3 is 6.03 Å². The van der Waals surface area contributed by atoms with Crippen LogP contribution in [0.1, 0.15) is 36.8 Å². The van der Waals surface area contributed by atoms with Crippen molar-refractivity contribution in [2.45, 2.75) is 38.1 Å². The Kier molecular flexibility index (Phi) is 6.16. The molecule has 4 rings (SSSR count). The Hall–Kier alpha value is -2.55. The molecule has 29 heavy (non-hydrogen) atoms. The third-order valence-corrected chi connectivity index (χ3v) is 5.87. The normalized spacial score (nSPS) is 17.3. The van der Waals surface area contributed by atoms with Crippen LogP contribution in [0.5, 0.6) is 0 Å². The van der Waals surface area contributed by atoms with Gasteiger partial charge in [0.2, 0.25) is 0 Å². The molecule has 1 heterocycles. The zero-order valence-electron chi connectivity index (χ0n) is 16.3. The molecule has 1 saturated carbocycles. The molecule has 150 valence electrons. The van der Waals surface area contributed by atoms with E-state index < -0.39 is 5.54 Å². The van der Waals surface area contributed by atoms with Crippen molar-refractivity contribution in [2.24, 2.45) is 0 Å². The Bertz CT molecular complexity index is 956. The number of carbonyl (C=O) groups is 2. The number of rotatable bonds is 1. The van der Waals surface area contributed by atoms with Gasteiger partial charge in [-0.25, -0.2) is 9.69 Å². The molecule has 7 heteroatoms. The van der Waals surface area contributed by atoms with Crippen LogP contribution in [0.25, 0.3) is 0 Å². The maximum absolute atomic E-state index is 12.8. The number of anilines is 1. The number of amides is 3. The average Bonchev–Trinajstić information content (AvgIpc) is 3.24. The first-order valence-corrected chi connectivity index (χ1v) is 10.1. The summed E-state index contributed by atoms with van der Waals surface area (Å²) in [6.45, 7) is 2.00. The second kappa shape index (κ2) is 8.44. The lowest BCUT2D eigenvalue weighted by atomic mass is 9.96. The Labute approximate surface area is 180 Å². The third-order valence-electron chi connectivity index (χ3n) is 5.44. The number of halogens is 2. The largest absolute Gasteiger partial charge is 0.332 e. The minimum Gasteiger partial charge on any atom is -0.312 e. The van der Waals surface area contributed by atoms with Gasteiger partial charge in [-0.05, 0) is 50.1 Å².